The van der Waals surface area contributed by atoms with Crippen molar-refractivity contribution in [2.75, 3.05) is 24.7 Å². The van der Waals surface area contributed by atoms with Crippen molar-refractivity contribution >= 4 is 23.5 Å². The van der Waals surface area contributed by atoms with E-state index in [0.29, 0.717) is 30.0 Å². The van der Waals surface area contributed by atoms with Crippen LogP contribution < -0.4 is 0 Å². The summed E-state index contributed by atoms with van der Waals surface area (Å²) in [7, 11) is 0. The van der Waals surface area contributed by atoms with Crippen molar-refractivity contribution in [3.8, 4) is 0 Å². The molecule has 0 bridgehead atoms. The van der Waals surface area contributed by atoms with E-state index in [2.05, 4.69) is 6.92 Å². The van der Waals surface area contributed by atoms with Crippen molar-refractivity contribution in [1.82, 2.24) is 0 Å². The van der Waals surface area contributed by atoms with E-state index in [1.54, 1.807) is 11.8 Å². The van der Waals surface area contributed by atoms with Crippen LogP contribution in [0.15, 0.2) is 0 Å². The second-order valence-electron chi connectivity index (χ2n) is 7.85. The Labute approximate surface area is 170 Å². The molecule has 0 amide bonds. The summed E-state index contributed by atoms with van der Waals surface area (Å²) < 4.78 is 4.92. The first-order valence-corrected chi connectivity index (χ1v) is 12.1. The topological polar surface area (TPSA) is 63.6 Å². The van der Waals surface area contributed by atoms with Gasteiger partial charge < -0.3 is 9.84 Å². The molecular weight excluding hydrogens is 360 g/mol. The molecule has 4 nitrogen and oxygen atoms in total. The molecule has 0 heterocycles. The van der Waals surface area contributed by atoms with Gasteiger partial charge in [0.1, 0.15) is 5.78 Å². The summed E-state index contributed by atoms with van der Waals surface area (Å²) in [6, 6.07) is 0. The molecule has 158 valence electrons. The molecular formula is C22H40O4S. The SMILES string of the molecule is CCCCCC(CO)CC[C@H]1CCC(=O)[C@@H]1CCCCSCC(=O)OCC. The number of hydrogen-bond donors (Lipinski definition) is 1. The number of ketones is 1. The highest BCUT2D eigenvalue weighted by Gasteiger charge is 2.33. The molecule has 0 spiro atoms. The van der Waals surface area contributed by atoms with Crippen LogP contribution in [0, 0.1) is 17.8 Å². The van der Waals surface area contributed by atoms with Crippen LogP contribution in [0.5, 0.6) is 0 Å². The van der Waals surface area contributed by atoms with Crippen LogP contribution in [0.1, 0.15) is 84.5 Å². The zero-order chi connectivity index (χ0) is 19.9. The fourth-order valence-corrected chi connectivity index (χ4v) is 4.91. The maximum Gasteiger partial charge on any atom is 0.315 e. The number of ether oxygens (including phenoxy) is 1. The minimum atomic E-state index is -0.133. The van der Waals surface area contributed by atoms with Gasteiger partial charge in [0.15, 0.2) is 0 Å². The van der Waals surface area contributed by atoms with Gasteiger partial charge in [0.25, 0.3) is 0 Å². The quantitative estimate of drug-likeness (QED) is 0.291. The van der Waals surface area contributed by atoms with Crippen LogP contribution in [-0.2, 0) is 14.3 Å². The van der Waals surface area contributed by atoms with Gasteiger partial charge >= 0.3 is 5.97 Å². The number of aliphatic hydroxyl groups is 1. The van der Waals surface area contributed by atoms with Crippen LogP contribution >= 0.6 is 11.8 Å². The van der Waals surface area contributed by atoms with E-state index in [9.17, 15) is 14.7 Å². The molecule has 0 aromatic heterocycles. The maximum absolute atomic E-state index is 12.3. The number of thioether (sulfide) groups is 1. The third kappa shape index (κ3) is 10.5. The van der Waals surface area contributed by atoms with Gasteiger partial charge in [0.05, 0.1) is 12.4 Å². The largest absolute Gasteiger partial charge is 0.465 e. The summed E-state index contributed by atoms with van der Waals surface area (Å²) in [6.45, 7) is 4.76. The summed E-state index contributed by atoms with van der Waals surface area (Å²) in [5.41, 5.74) is 0. The average Bonchev–Trinajstić information content (AvgIpc) is 3.01. The van der Waals surface area contributed by atoms with E-state index in [-0.39, 0.29) is 18.5 Å². The van der Waals surface area contributed by atoms with Crippen LogP contribution in [0.3, 0.4) is 0 Å². The van der Waals surface area contributed by atoms with Gasteiger partial charge in [0, 0.05) is 18.9 Å². The number of aliphatic hydroxyl groups excluding tert-OH is 1. The van der Waals surface area contributed by atoms with Crippen molar-refractivity contribution in [3.05, 3.63) is 0 Å². The number of hydrogen-bond acceptors (Lipinski definition) is 5. The summed E-state index contributed by atoms with van der Waals surface area (Å²) in [6.07, 6.45) is 11.8. The van der Waals surface area contributed by atoms with Crippen molar-refractivity contribution in [1.29, 1.82) is 0 Å². The van der Waals surface area contributed by atoms with Crippen LogP contribution in [-0.4, -0.2) is 41.6 Å². The molecule has 1 N–H and O–H groups in total. The Hall–Kier alpha value is -0.550. The summed E-state index contributed by atoms with van der Waals surface area (Å²) >= 11 is 1.62. The predicted molar refractivity (Wildman–Crippen MR) is 113 cm³/mol. The van der Waals surface area contributed by atoms with Crippen LogP contribution in [0.25, 0.3) is 0 Å². The normalized spacial score (nSPS) is 20.8. The van der Waals surface area contributed by atoms with Gasteiger partial charge in [-0.1, -0.05) is 32.6 Å². The Morgan fingerprint density at radius 3 is 2.70 bits per heavy atom. The highest BCUT2D eigenvalue weighted by atomic mass is 32.2. The van der Waals surface area contributed by atoms with E-state index < -0.39 is 0 Å². The lowest BCUT2D eigenvalue weighted by Gasteiger charge is -2.21. The Bertz CT molecular complexity index is 413. The number of carbonyl (C=O) groups excluding carboxylic acids is 2. The molecule has 5 heteroatoms. The molecule has 1 unspecified atom stereocenters. The number of Topliss-reactive ketones (excluding diaryl/α,β-unsaturated/α-hetero) is 1. The Balaban J connectivity index is 2.22. The monoisotopic (exact) mass is 400 g/mol. The van der Waals surface area contributed by atoms with Crippen molar-refractivity contribution in [2.24, 2.45) is 17.8 Å². The summed E-state index contributed by atoms with van der Waals surface area (Å²) in [4.78, 5) is 23.6. The molecule has 27 heavy (non-hydrogen) atoms. The first kappa shape index (κ1) is 24.5. The summed E-state index contributed by atoms with van der Waals surface area (Å²) in [5, 5.41) is 9.61. The van der Waals surface area contributed by atoms with E-state index in [1.165, 1.54) is 19.3 Å². The fraction of sp³-hybridized carbons (Fsp3) is 0.909. The Morgan fingerprint density at radius 2 is 2.00 bits per heavy atom. The Morgan fingerprint density at radius 1 is 1.19 bits per heavy atom. The first-order chi connectivity index (χ1) is 13.1. The molecule has 0 aromatic carbocycles. The Kier molecular flexibility index (Phi) is 14.0. The highest BCUT2D eigenvalue weighted by molar-refractivity contribution is 7.99. The number of esters is 1. The minimum absolute atomic E-state index is 0.133. The maximum atomic E-state index is 12.3. The lowest BCUT2D eigenvalue weighted by atomic mass is 9.84. The molecule has 1 aliphatic carbocycles. The van der Waals surface area contributed by atoms with E-state index in [4.69, 9.17) is 4.74 Å². The third-order valence-corrected chi connectivity index (χ3v) is 6.76. The van der Waals surface area contributed by atoms with Crippen LogP contribution in [0.2, 0.25) is 0 Å². The standard InChI is InChI=1S/C22H40O4S/c1-3-5-6-9-18(16-23)11-12-19-13-14-21(24)20(19)10-7-8-15-27-17-22(25)26-4-2/h18-20,23H,3-17H2,1-2H3/t18?,19-,20+/m0/s1. The van der Waals surface area contributed by atoms with Gasteiger partial charge in [-0.15, -0.1) is 0 Å². The summed E-state index contributed by atoms with van der Waals surface area (Å²) in [5.74, 6) is 2.86. The van der Waals surface area contributed by atoms with Crippen molar-refractivity contribution < 1.29 is 19.4 Å². The van der Waals surface area contributed by atoms with Crippen molar-refractivity contribution in [2.45, 2.75) is 84.5 Å². The van der Waals surface area contributed by atoms with E-state index >= 15 is 0 Å². The molecule has 1 aliphatic rings. The van der Waals surface area contributed by atoms with Gasteiger partial charge in [0.2, 0.25) is 0 Å². The molecule has 1 saturated carbocycles. The smallest absolute Gasteiger partial charge is 0.315 e. The van der Waals surface area contributed by atoms with Gasteiger partial charge in [-0.05, 0) is 63.0 Å². The number of carbonyl (C=O) groups is 2. The molecule has 3 atom stereocenters. The average molecular weight is 401 g/mol. The zero-order valence-corrected chi connectivity index (χ0v) is 18.2. The molecule has 0 aliphatic heterocycles. The van der Waals surface area contributed by atoms with Crippen LogP contribution in [0.4, 0.5) is 0 Å². The second kappa shape index (κ2) is 15.4. The lowest BCUT2D eigenvalue weighted by molar-refractivity contribution is -0.139. The highest BCUT2D eigenvalue weighted by Crippen LogP contribution is 2.37. The van der Waals surface area contributed by atoms with Gasteiger partial charge in [-0.2, -0.15) is 11.8 Å². The molecule has 0 saturated heterocycles. The first-order valence-electron chi connectivity index (χ1n) is 11.0. The van der Waals surface area contributed by atoms with Gasteiger partial charge in [-0.25, -0.2) is 0 Å². The van der Waals surface area contributed by atoms with Crippen molar-refractivity contribution in [3.63, 3.8) is 0 Å². The minimum Gasteiger partial charge on any atom is -0.465 e. The van der Waals surface area contributed by atoms with E-state index in [1.807, 2.05) is 6.92 Å². The van der Waals surface area contributed by atoms with Gasteiger partial charge in [-0.3, -0.25) is 9.59 Å². The zero-order valence-electron chi connectivity index (χ0n) is 17.4. The number of rotatable bonds is 16. The molecule has 0 aromatic rings. The molecule has 0 radical (unpaired) electrons. The predicted octanol–water partition coefficient (Wildman–Crippen LogP) is 5.02. The lowest BCUT2D eigenvalue weighted by Crippen LogP contribution is -2.17. The van der Waals surface area contributed by atoms with E-state index in [0.717, 1.165) is 57.1 Å². The second-order valence-corrected chi connectivity index (χ2v) is 8.95. The molecule has 1 fully saturated rings. The fourth-order valence-electron chi connectivity index (χ4n) is 4.11. The number of unbranched alkanes of at least 4 members (excludes halogenated alkanes) is 3. The third-order valence-electron chi connectivity index (χ3n) is 5.74. The molecule has 1 rings (SSSR count).